The Bertz CT molecular complexity index is 1280. The maximum atomic E-state index is 13.3. The zero-order chi connectivity index (χ0) is 25.3. The van der Waals surface area contributed by atoms with Gasteiger partial charge in [0.05, 0.1) is 17.7 Å². The topological polar surface area (TPSA) is 88.1 Å². The second-order valence-corrected chi connectivity index (χ2v) is 10.6. The van der Waals surface area contributed by atoms with Crippen LogP contribution in [0.2, 0.25) is 5.02 Å². The van der Waals surface area contributed by atoms with Crippen molar-refractivity contribution in [3.05, 3.63) is 106 Å². The fraction of sp³-hybridized carbons (Fsp3) is 0.120. The Morgan fingerprint density at radius 1 is 1.06 bits per heavy atom. The summed E-state index contributed by atoms with van der Waals surface area (Å²) < 4.78 is 34.0. The van der Waals surface area contributed by atoms with Crippen LogP contribution in [0.4, 0.5) is 0 Å². The lowest BCUT2D eigenvalue weighted by atomic mass is 10.2. The summed E-state index contributed by atoms with van der Waals surface area (Å²) in [5.74, 6) is 0.101. The highest BCUT2D eigenvalue weighted by Gasteiger charge is 2.27. The SMILES string of the molecule is C=CCOc1ccc(/C=N\NC(=O)CN(Cc2ccc(Br)cc2)S(=O)(=O)c2ccc(Cl)cc2)cc1. The molecule has 0 saturated heterocycles. The Balaban J connectivity index is 1.71. The van der Waals surface area contributed by atoms with Gasteiger partial charge in [-0.1, -0.05) is 52.3 Å². The van der Waals surface area contributed by atoms with Crippen LogP contribution < -0.4 is 10.2 Å². The molecule has 35 heavy (non-hydrogen) atoms. The summed E-state index contributed by atoms with van der Waals surface area (Å²) in [5.41, 5.74) is 3.85. The fourth-order valence-electron chi connectivity index (χ4n) is 2.95. The number of benzene rings is 3. The first-order chi connectivity index (χ1) is 16.8. The number of halogens is 2. The average molecular weight is 577 g/mol. The van der Waals surface area contributed by atoms with Crippen molar-refractivity contribution in [1.29, 1.82) is 0 Å². The molecule has 7 nitrogen and oxygen atoms in total. The largest absolute Gasteiger partial charge is 0.490 e. The number of hydrogen-bond donors (Lipinski definition) is 1. The summed E-state index contributed by atoms with van der Waals surface area (Å²) in [6, 6.07) is 20.1. The normalized spacial score (nSPS) is 11.5. The van der Waals surface area contributed by atoms with E-state index in [-0.39, 0.29) is 11.4 Å². The van der Waals surface area contributed by atoms with Crippen LogP contribution in [0.3, 0.4) is 0 Å². The van der Waals surface area contributed by atoms with E-state index >= 15 is 0 Å². The Morgan fingerprint density at radius 3 is 2.34 bits per heavy atom. The van der Waals surface area contributed by atoms with Crippen molar-refractivity contribution in [2.45, 2.75) is 11.4 Å². The van der Waals surface area contributed by atoms with Crippen molar-refractivity contribution in [3.63, 3.8) is 0 Å². The summed E-state index contributed by atoms with van der Waals surface area (Å²) in [7, 11) is -3.98. The highest BCUT2D eigenvalue weighted by Crippen LogP contribution is 2.21. The Labute approximate surface area is 218 Å². The molecule has 0 spiro atoms. The van der Waals surface area contributed by atoms with Gasteiger partial charge in [0.25, 0.3) is 5.91 Å². The van der Waals surface area contributed by atoms with E-state index in [1.54, 1.807) is 54.6 Å². The lowest BCUT2D eigenvalue weighted by molar-refractivity contribution is -0.121. The number of hydrogen-bond acceptors (Lipinski definition) is 5. The molecule has 3 aromatic rings. The minimum atomic E-state index is -3.98. The van der Waals surface area contributed by atoms with Crippen LogP contribution in [0.5, 0.6) is 5.75 Å². The number of amides is 1. The number of sulfonamides is 1. The molecule has 10 heteroatoms. The van der Waals surface area contributed by atoms with E-state index in [9.17, 15) is 13.2 Å². The third-order valence-corrected chi connectivity index (χ3v) is 7.28. The van der Waals surface area contributed by atoms with E-state index in [1.807, 2.05) is 0 Å². The molecule has 3 aromatic carbocycles. The van der Waals surface area contributed by atoms with Gasteiger partial charge in [-0.3, -0.25) is 4.79 Å². The highest BCUT2D eigenvalue weighted by molar-refractivity contribution is 9.10. The molecule has 0 unspecified atom stereocenters. The van der Waals surface area contributed by atoms with E-state index < -0.39 is 22.5 Å². The maximum absolute atomic E-state index is 13.3. The quantitative estimate of drug-likeness (QED) is 0.198. The summed E-state index contributed by atoms with van der Waals surface area (Å²) in [4.78, 5) is 12.6. The molecule has 0 heterocycles. The van der Waals surface area contributed by atoms with Gasteiger partial charge >= 0.3 is 0 Å². The van der Waals surface area contributed by atoms with Gasteiger partial charge in [-0.2, -0.15) is 9.41 Å². The number of hydrazone groups is 1. The lowest BCUT2D eigenvalue weighted by Crippen LogP contribution is -2.39. The first-order valence-electron chi connectivity index (χ1n) is 10.4. The van der Waals surface area contributed by atoms with E-state index in [4.69, 9.17) is 16.3 Å². The predicted octanol–water partition coefficient (Wildman–Crippen LogP) is 5.01. The van der Waals surface area contributed by atoms with Crippen LogP contribution in [0, 0.1) is 0 Å². The van der Waals surface area contributed by atoms with Crippen molar-refractivity contribution in [3.8, 4) is 5.75 Å². The maximum Gasteiger partial charge on any atom is 0.255 e. The number of ether oxygens (including phenoxy) is 1. The lowest BCUT2D eigenvalue weighted by Gasteiger charge is -2.21. The predicted molar refractivity (Wildman–Crippen MR) is 141 cm³/mol. The molecule has 0 bridgehead atoms. The summed E-state index contributed by atoms with van der Waals surface area (Å²) >= 11 is 9.27. The number of nitrogens with one attached hydrogen (secondary N) is 1. The molecule has 0 atom stereocenters. The van der Waals surface area contributed by atoms with Gasteiger partial charge in [-0.25, -0.2) is 13.8 Å². The van der Waals surface area contributed by atoms with Crippen molar-refractivity contribution in [2.24, 2.45) is 5.10 Å². The van der Waals surface area contributed by atoms with Crippen LogP contribution in [-0.2, 0) is 21.4 Å². The Hall–Kier alpha value is -2.98. The second-order valence-electron chi connectivity index (χ2n) is 7.32. The molecule has 0 aliphatic carbocycles. The van der Waals surface area contributed by atoms with E-state index in [0.29, 0.717) is 17.4 Å². The van der Waals surface area contributed by atoms with Gasteiger partial charge in [0, 0.05) is 16.0 Å². The van der Waals surface area contributed by atoms with Crippen LogP contribution in [0.25, 0.3) is 0 Å². The van der Waals surface area contributed by atoms with Gasteiger partial charge in [0.15, 0.2) is 0 Å². The Morgan fingerprint density at radius 2 is 1.71 bits per heavy atom. The standard InChI is InChI=1S/C25H23BrClN3O4S/c1-2-15-34-23-11-5-19(6-12-23)16-28-29-25(31)18-30(17-20-3-7-21(26)8-4-20)35(32,33)24-13-9-22(27)10-14-24/h2-14,16H,1,15,17-18H2,(H,29,31)/b28-16-. The molecule has 0 fully saturated rings. The molecule has 0 aliphatic rings. The Kier molecular flexibility index (Phi) is 9.62. The molecule has 1 N–H and O–H groups in total. The molecule has 0 saturated carbocycles. The van der Waals surface area contributed by atoms with Gasteiger partial charge < -0.3 is 4.74 Å². The van der Waals surface area contributed by atoms with Gasteiger partial charge in [0.1, 0.15) is 12.4 Å². The van der Waals surface area contributed by atoms with Crippen LogP contribution >= 0.6 is 27.5 Å². The third-order valence-electron chi connectivity index (χ3n) is 4.69. The fourth-order valence-corrected chi connectivity index (χ4v) is 4.73. The summed E-state index contributed by atoms with van der Waals surface area (Å²) in [6.07, 6.45) is 3.11. The van der Waals surface area contributed by atoms with Gasteiger partial charge in [-0.05, 0) is 71.8 Å². The molecular weight excluding hydrogens is 554 g/mol. The molecule has 0 aromatic heterocycles. The minimum absolute atomic E-state index is 0.00153. The van der Waals surface area contributed by atoms with Crippen LogP contribution in [0.1, 0.15) is 11.1 Å². The second kappa shape index (κ2) is 12.6. The third kappa shape index (κ3) is 8.03. The zero-order valence-corrected chi connectivity index (χ0v) is 21.8. The van der Waals surface area contributed by atoms with E-state index in [0.717, 1.165) is 19.9 Å². The van der Waals surface area contributed by atoms with Crippen molar-refractivity contribution < 1.29 is 17.9 Å². The average Bonchev–Trinajstić information content (AvgIpc) is 2.84. The number of carbonyl (C=O) groups is 1. The van der Waals surface area contributed by atoms with Crippen LogP contribution in [0.15, 0.2) is 99.9 Å². The first kappa shape index (κ1) is 26.6. The number of carbonyl (C=O) groups excluding carboxylic acids is 1. The molecule has 3 rings (SSSR count). The monoisotopic (exact) mass is 575 g/mol. The van der Waals surface area contributed by atoms with Gasteiger partial charge in [-0.15, -0.1) is 0 Å². The number of rotatable bonds is 11. The minimum Gasteiger partial charge on any atom is -0.490 e. The molecule has 1 amide bonds. The van der Waals surface area contributed by atoms with Crippen LogP contribution in [-0.4, -0.2) is 38.0 Å². The van der Waals surface area contributed by atoms with Gasteiger partial charge in [0.2, 0.25) is 10.0 Å². The van der Waals surface area contributed by atoms with Crippen molar-refractivity contribution >= 4 is 49.7 Å². The van der Waals surface area contributed by atoms with Crippen molar-refractivity contribution in [1.82, 2.24) is 9.73 Å². The van der Waals surface area contributed by atoms with E-state index in [1.165, 1.54) is 30.5 Å². The molecular formula is C25H23BrClN3O4S. The smallest absolute Gasteiger partial charge is 0.255 e. The number of nitrogens with zero attached hydrogens (tertiary/aromatic N) is 2. The summed E-state index contributed by atoms with van der Waals surface area (Å²) in [5, 5.41) is 4.36. The first-order valence-corrected chi connectivity index (χ1v) is 13.0. The zero-order valence-electron chi connectivity index (χ0n) is 18.6. The molecule has 0 aliphatic heterocycles. The molecule has 0 radical (unpaired) electrons. The highest BCUT2D eigenvalue weighted by atomic mass is 79.9. The summed E-state index contributed by atoms with van der Waals surface area (Å²) in [6.45, 7) is 3.58. The van der Waals surface area contributed by atoms with Crippen molar-refractivity contribution in [2.75, 3.05) is 13.2 Å². The molecule has 182 valence electrons. The van der Waals surface area contributed by atoms with E-state index in [2.05, 4.69) is 33.0 Å².